The number of ether oxygens (including phenoxy) is 1. The van der Waals surface area contributed by atoms with Crippen LogP contribution in [0, 0.1) is 0 Å². The van der Waals surface area contributed by atoms with E-state index in [9.17, 15) is 4.79 Å². The summed E-state index contributed by atoms with van der Waals surface area (Å²) in [5, 5.41) is 5.71. The Morgan fingerprint density at radius 1 is 1.17 bits per heavy atom. The predicted octanol–water partition coefficient (Wildman–Crippen LogP) is 3.23. The number of benzene rings is 2. The summed E-state index contributed by atoms with van der Waals surface area (Å²) in [4.78, 5) is 14.3. The van der Waals surface area contributed by atoms with Crippen LogP contribution in [0.15, 0.2) is 54.6 Å². The third-order valence-electron chi connectivity index (χ3n) is 4.03. The molecule has 2 N–H and O–H groups in total. The van der Waals surface area contributed by atoms with Crippen molar-refractivity contribution in [2.24, 2.45) is 0 Å². The maximum atomic E-state index is 12.0. The molecule has 1 heterocycles. The van der Waals surface area contributed by atoms with E-state index in [0.717, 1.165) is 36.6 Å². The van der Waals surface area contributed by atoms with E-state index in [1.54, 1.807) is 0 Å². The first-order chi connectivity index (χ1) is 11.7. The molecule has 1 saturated heterocycles. The minimum Gasteiger partial charge on any atom is -0.375 e. The first-order valence-electron chi connectivity index (χ1n) is 8.26. The largest absolute Gasteiger partial charge is 0.375 e. The lowest BCUT2D eigenvalue weighted by molar-refractivity contribution is 0.0532. The SMILES string of the molecule is CC1CN(c2ccc(NC(=O)NCc3ccccc3)cc2)CCO1. The number of hydrogen-bond acceptors (Lipinski definition) is 3. The fraction of sp³-hybridized carbons (Fsp3) is 0.316. The monoisotopic (exact) mass is 325 g/mol. The van der Waals surface area contributed by atoms with Crippen LogP contribution in [0.4, 0.5) is 16.2 Å². The summed E-state index contributed by atoms with van der Waals surface area (Å²) >= 11 is 0. The van der Waals surface area contributed by atoms with Gasteiger partial charge >= 0.3 is 6.03 Å². The summed E-state index contributed by atoms with van der Waals surface area (Å²) in [6.45, 7) is 5.14. The Balaban J connectivity index is 1.51. The van der Waals surface area contributed by atoms with Crippen molar-refractivity contribution >= 4 is 17.4 Å². The summed E-state index contributed by atoms with van der Waals surface area (Å²) in [5.41, 5.74) is 3.01. The average molecular weight is 325 g/mol. The molecule has 1 aliphatic rings. The number of rotatable bonds is 4. The molecule has 126 valence electrons. The van der Waals surface area contributed by atoms with Gasteiger partial charge in [0.2, 0.25) is 0 Å². The average Bonchev–Trinajstić information content (AvgIpc) is 2.61. The first-order valence-corrected chi connectivity index (χ1v) is 8.26. The van der Waals surface area contributed by atoms with Crippen molar-refractivity contribution < 1.29 is 9.53 Å². The molecule has 0 radical (unpaired) electrons. The van der Waals surface area contributed by atoms with Crippen molar-refractivity contribution in [2.45, 2.75) is 19.6 Å². The molecule has 2 aromatic rings. The number of nitrogens with one attached hydrogen (secondary N) is 2. The van der Waals surface area contributed by atoms with Crippen LogP contribution in [0.25, 0.3) is 0 Å². The van der Waals surface area contributed by atoms with Gasteiger partial charge in [0.05, 0.1) is 12.7 Å². The lowest BCUT2D eigenvalue weighted by Gasteiger charge is -2.33. The Kier molecular flexibility index (Phi) is 5.33. The highest BCUT2D eigenvalue weighted by atomic mass is 16.5. The maximum absolute atomic E-state index is 12.0. The van der Waals surface area contributed by atoms with E-state index in [1.807, 2.05) is 54.6 Å². The van der Waals surface area contributed by atoms with Gasteiger partial charge in [0.25, 0.3) is 0 Å². The topological polar surface area (TPSA) is 53.6 Å². The van der Waals surface area contributed by atoms with E-state index < -0.39 is 0 Å². The highest BCUT2D eigenvalue weighted by Gasteiger charge is 2.16. The van der Waals surface area contributed by atoms with Gasteiger partial charge < -0.3 is 20.3 Å². The van der Waals surface area contributed by atoms with Gasteiger partial charge in [0.1, 0.15) is 0 Å². The molecular weight excluding hydrogens is 302 g/mol. The van der Waals surface area contributed by atoms with Gasteiger partial charge in [-0.15, -0.1) is 0 Å². The third-order valence-corrected chi connectivity index (χ3v) is 4.03. The van der Waals surface area contributed by atoms with Crippen molar-refractivity contribution in [3.63, 3.8) is 0 Å². The lowest BCUT2D eigenvalue weighted by Crippen LogP contribution is -2.41. The minimum atomic E-state index is -0.202. The van der Waals surface area contributed by atoms with E-state index in [1.165, 1.54) is 0 Å². The van der Waals surface area contributed by atoms with Crippen LogP contribution in [-0.2, 0) is 11.3 Å². The Morgan fingerprint density at radius 3 is 2.62 bits per heavy atom. The molecule has 24 heavy (non-hydrogen) atoms. The van der Waals surface area contributed by atoms with Crippen molar-refractivity contribution in [2.75, 3.05) is 29.9 Å². The second-order valence-electron chi connectivity index (χ2n) is 5.97. The summed E-state index contributed by atoms with van der Waals surface area (Å²) in [5.74, 6) is 0. The minimum absolute atomic E-state index is 0.202. The molecule has 0 bridgehead atoms. The van der Waals surface area contributed by atoms with Gasteiger partial charge in [-0.05, 0) is 36.8 Å². The molecule has 0 aliphatic carbocycles. The lowest BCUT2D eigenvalue weighted by atomic mass is 10.2. The van der Waals surface area contributed by atoms with Crippen LogP contribution in [0.3, 0.4) is 0 Å². The molecule has 0 aromatic heterocycles. The molecule has 1 unspecified atom stereocenters. The van der Waals surface area contributed by atoms with Crippen LogP contribution in [-0.4, -0.2) is 31.8 Å². The zero-order valence-electron chi connectivity index (χ0n) is 13.9. The van der Waals surface area contributed by atoms with Crippen molar-refractivity contribution in [1.82, 2.24) is 5.32 Å². The number of urea groups is 1. The van der Waals surface area contributed by atoms with E-state index in [2.05, 4.69) is 22.5 Å². The highest BCUT2D eigenvalue weighted by Crippen LogP contribution is 2.20. The second-order valence-corrected chi connectivity index (χ2v) is 5.97. The third kappa shape index (κ3) is 4.49. The molecule has 1 atom stereocenters. The van der Waals surface area contributed by atoms with Gasteiger partial charge in [-0.2, -0.15) is 0 Å². The fourth-order valence-corrected chi connectivity index (χ4v) is 2.76. The summed E-state index contributed by atoms with van der Waals surface area (Å²) in [6, 6.07) is 17.6. The molecule has 5 nitrogen and oxygen atoms in total. The second kappa shape index (κ2) is 7.84. The summed E-state index contributed by atoms with van der Waals surface area (Å²) in [7, 11) is 0. The molecule has 0 saturated carbocycles. The number of amides is 2. The van der Waals surface area contributed by atoms with Crippen LogP contribution >= 0.6 is 0 Å². The highest BCUT2D eigenvalue weighted by molar-refractivity contribution is 5.89. The predicted molar refractivity (Wildman–Crippen MR) is 96.4 cm³/mol. The Hall–Kier alpha value is -2.53. The number of nitrogens with zero attached hydrogens (tertiary/aromatic N) is 1. The van der Waals surface area contributed by atoms with Gasteiger partial charge in [-0.25, -0.2) is 4.79 Å². The molecule has 2 aromatic carbocycles. The van der Waals surface area contributed by atoms with E-state index >= 15 is 0 Å². The molecule has 2 amide bonds. The Morgan fingerprint density at radius 2 is 1.92 bits per heavy atom. The number of morpholine rings is 1. The molecule has 0 spiro atoms. The Labute approximate surface area is 142 Å². The van der Waals surface area contributed by atoms with Crippen LogP contribution in [0.5, 0.6) is 0 Å². The van der Waals surface area contributed by atoms with Gasteiger partial charge in [0, 0.05) is 31.0 Å². The number of carbonyl (C=O) groups is 1. The van der Waals surface area contributed by atoms with Crippen molar-refractivity contribution in [1.29, 1.82) is 0 Å². The van der Waals surface area contributed by atoms with E-state index in [0.29, 0.717) is 6.54 Å². The molecule has 3 rings (SSSR count). The van der Waals surface area contributed by atoms with Crippen LogP contribution < -0.4 is 15.5 Å². The molecular formula is C19H23N3O2. The van der Waals surface area contributed by atoms with Crippen LogP contribution in [0.1, 0.15) is 12.5 Å². The summed E-state index contributed by atoms with van der Waals surface area (Å²) < 4.78 is 5.56. The zero-order chi connectivity index (χ0) is 16.8. The number of hydrogen-bond donors (Lipinski definition) is 2. The standard InChI is InChI=1S/C19H23N3O2/c1-15-14-22(11-12-24-15)18-9-7-17(8-10-18)21-19(23)20-13-16-5-3-2-4-6-16/h2-10,15H,11-14H2,1H3,(H2,20,21,23). The molecule has 1 aliphatic heterocycles. The van der Waals surface area contributed by atoms with E-state index in [4.69, 9.17) is 4.74 Å². The summed E-state index contributed by atoms with van der Waals surface area (Å²) in [6.07, 6.45) is 0.250. The molecule has 1 fully saturated rings. The van der Waals surface area contributed by atoms with E-state index in [-0.39, 0.29) is 12.1 Å². The number of anilines is 2. The Bertz CT molecular complexity index is 658. The van der Waals surface area contributed by atoms with Crippen molar-refractivity contribution in [3.05, 3.63) is 60.2 Å². The van der Waals surface area contributed by atoms with Gasteiger partial charge in [0.15, 0.2) is 0 Å². The van der Waals surface area contributed by atoms with Crippen LogP contribution in [0.2, 0.25) is 0 Å². The normalized spacial score (nSPS) is 17.4. The maximum Gasteiger partial charge on any atom is 0.319 e. The quantitative estimate of drug-likeness (QED) is 0.907. The zero-order valence-corrected chi connectivity index (χ0v) is 13.9. The van der Waals surface area contributed by atoms with Crippen molar-refractivity contribution in [3.8, 4) is 0 Å². The molecule has 5 heteroatoms. The first kappa shape index (κ1) is 16.3. The van der Waals surface area contributed by atoms with Gasteiger partial charge in [-0.1, -0.05) is 30.3 Å². The number of carbonyl (C=O) groups excluding carboxylic acids is 1. The van der Waals surface area contributed by atoms with Gasteiger partial charge in [-0.3, -0.25) is 0 Å². The fourth-order valence-electron chi connectivity index (χ4n) is 2.76. The smallest absolute Gasteiger partial charge is 0.319 e.